The minimum absolute atomic E-state index is 0.138. The van der Waals surface area contributed by atoms with E-state index in [1.54, 1.807) is 11.0 Å². The van der Waals surface area contributed by atoms with E-state index in [2.05, 4.69) is 12.2 Å². The molecule has 0 aliphatic carbocycles. The highest BCUT2D eigenvalue weighted by Crippen LogP contribution is 2.19. The van der Waals surface area contributed by atoms with Crippen molar-refractivity contribution in [2.24, 2.45) is 5.73 Å². The molecular weight excluding hydrogens is 402 g/mol. The van der Waals surface area contributed by atoms with Gasteiger partial charge in [-0.25, -0.2) is 4.79 Å². The van der Waals surface area contributed by atoms with Crippen LogP contribution in [0.2, 0.25) is 5.02 Å². The first-order valence-electron chi connectivity index (χ1n) is 10.2. The number of benzene rings is 2. The van der Waals surface area contributed by atoms with Gasteiger partial charge >= 0.3 is 12.0 Å². The number of aryl methyl sites for hydroxylation is 1. The number of hydrogen-bond acceptors (Lipinski definition) is 4. The predicted molar refractivity (Wildman–Crippen MR) is 117 cm³/mol. The summed E-state index contributed by atoms with van der Waals surface area (Å²) in [6, 6.07) is 14.7. The summed E-state index contributed by atoms with van der Waals surface area (Å²) in [6.07, 6.45) is 1.76. The molecule has 0 spiro atoms. The van der Waals surface area contributed by atoms with Crippen molar-refractivity contribution in [1.29, 1.82) is 0 Å². The molecule has 1 saturated heterocycles. The maximum Gasteiger partial charge on any atom is 0.318 e. The molecule has 1 heterocycles. The summed E-state index contributed by atoms with van der Waals surface area (Å²) in [7, 11) is 0. The Morgan fingerprint density at radius 3 is 2.57 bits per heavy atom. The number of carbonyl (C=O) groups excluding carboxylic acids is 2. The topological polar surface area (TPSA) is 84.7 Å². The van der Waals surface area contributed by atoms with Gasteiger partial charge in [-0.2, -0.15) is 0 Å². The van der Waals surface area contributed by atoms with Crippen molar-refractivity contribution in [2.75, 3.05) is 13.2 Å². The van der Waals surface area contributed by atoms with E-state index in [-0.39, 0.29) is 37.1 Å². The monoisotopic (exact) mass is 429 g/mol. The molecule has 30 heavy (non-hydrogen) atoms. The summed E-state index contributed by atoms with van der Waals surface area (Å²) in [6.45, 7) is 2.98. The number of nitrogens with two attached hydrogens (primary N) is 1. The van der Waals surface area contributed by atoms with Gasteiger partial charge < -0.3 is 20.7 Å². The molecule has 2 aromatic rings. The van der Waals surface area contributed by atoms with E-state index in [9.17, 15) is 9.59 Å². The molecule has 0 saturated carbocycles. The quantitative estimate of drug-likeness (QED) is 0.661. The van der Waals surface area contributed by atoms with E-state index in [0.29, 0.717) is 24.5 Å². The van der Waals surface area contributed by atoms with Gasteiger partial charge in [-0.05, 0) is 35.6 Å². The first-order chi connectivity index (χ1) is 14.5. The van der Waals surface area contributed by atoms with Crippen LogP contribution in [0.3, 0.4) is 0 Å². The standard InChI is InChI=1S/C23H28ClN3O3/c1-2-16-7-9-17(10-8-16)11-22(28)30-15-20-12-19(25)14-27(20)23(29)26-13-18-5-3-4-6-21(18)24/h3-10,19-20H,2,11-15,25H2,1H3,(H,26,29)/t19-,20+/m1/s1. The molecule has 160 valence electrons. The van der Waals surface area contributed by atoms with Gasteiger partial charge in [-0.3, -0.25) is 4.79 Å². The molecule has 0 aromatic heterocycles. The van der Waals surface area contributed by atoms with E-state index in [4.69, 9.17) is 22.1 Å². The lowest BCUT2D eigenvalue weighted by Gasteiger charge is -2.24. The molecule has 7 heteroatoms. The number of rotatable bonds is 7. The molecule has 0 bridgehead atoms. The Labute approximate surface area is 182 Å². The molecule has 3 rings (SSSR count). The highest BCUT2D eigenvalue weighted by Gasteiger charge is 2.34. The number of hydrogen-bond donors (Lipinski definition) is 2. The normalized spacial score (nSPS) is 18.3. The largest absolute Gasteiger partial charge is 0.463 e. The van der Waals surface area contributed by atoms with E-state index < -0.39 is 0 Å². The summed E-state index contributed by atoms with van der Waals surface area (Å²) in [5.74, 6) is -0.309. The zero-order chi connectivity index (χ0) is 21.5. The van der Waals surface area contributed by atoms with E-state index in [1.165, 1.54) is 5.56 Å². The Kier molecular flexibility index (Phi) is 7.71. The fourth-order valence-electron chi connectivity index (χ4n) is 3.57. The van der Waals surface area contributed by atoms with Crippen LogP contribution in [0.4, 0.5) is 4.79 Å². The van der Waals surface area contributed by atoms with Crippen molar-refractivity contribution in [3.8, 4) is 0 Å². The highest BCUT2D eigenvalue weighted by atomic mass is 35.5. The van der Waals surface area contributed by atoms with Crippen LogP contribution in [0.5, 0.6) is 0 Å². The van der Waals surface area contributed by atoms with Gasteiger partial charge in [0, 0.05) is 24.2 Å². The van der Waals surface area contributed by atoms with Crippen LogP contribution in [0, 0.1) is 0 Å². The summed E-state index contributed by atoms with van der Waals surface area (Å²) in [5, 5.41) is 3.48. The second kappa shape index (κ2) is 10.5. The molecule has 3 N–H and O–H groups in total. The van der Waals surface area contributed by atoms with Crippen LogP contribution in [0.1, 0.15) is 30.0 Å². The van der Waals surface area contributed by atoms with Crippen molar-refractivity contribution in [3.05, 3.63) is 70.2 Å². The second-order valence-corrected chi connectivity index (χ2v) is 7.99. The number of ether oxygens (including phenoxy) is 1. The lowest BCUT2D eigenvalue weighted by molar-refractivity contribution is -0.144. The Bertz CT molecular complexity index is 872. The lowest BCUT2D eigenvalue weighted by Crippen LogP contribution is -2.45. The first kappa shape index (κ1) is 22.1. The minimum Gasteiger partial charge on any atom is -0.463 e. The number of urea groups is 1. The molecule has 1 aliphatic rings. The van der Waals surface area contributed by atoms with Crippen molar-refractivity contribution >= 4 is 23.6 Å². The first-order valence-corrected chi connectivity index (χ1v) is 10.6. The van der Waals surface area contributed by atoms with Crippen LogP contribution < -0.4 is 11.1 Å². The highest BCUT2D eigenvalue weighted by molar-refractivity contribution is 6.31. The van der Waals surface area contributed by atoms with Gasteiger partial charge in [0.05, 0.1) is 12.5 Å². The van der Waals surface area contributed by atoms with Crippen molar-refractivity contribution < 1.29 is 14.3 Å². The third kappa shape index (κ3) is 5.97. The van der Waals surface area contributed by atoms with Gasteiger partial charge in [0.1, 0.15) is 6.61 Å². The molecule has 2 aromatic carbocycles. The van der Waals surface area contributed by atoms with E-state index in [0.717, 1.165) is 17.5 Å². The predicted octanol–water partition coefficient (Wildman–Crippen LogP) is 3.30. The average Bonchev–Trinajstić information content (AvgIpc) is 3.12. The zero-order valence-corrected chi connectivity index (χ0v) is 17.9. The van der Waals surface area contributed by atoms with E-state index in [1.807, 2.05) is 42.5 Å². The van der Waals surface area contributed by atoms with Crippen LogP contribution in [0.15, 0.2) is 48.5 Å². The van der Waals surface area contributed by atoms with Crippen molar-refractivity contribution in [2.45, 2.75) is 44.8 Å². The van der Waals surface area contributed by atoms with Crippen LogP contribution in [-0.4, -0.2) is 42.1 Å². The van der Waals surface area contributed by atoms with Crippen LogP contribution >= 0.6 is 11.6 Å². The van der Waals surface area contributed by atoms with Gasteiger partial charge in [0.2, 0.25) is 0 Å². The zero-order valence-electron chi connectivity index (χ0n) is 17.1. The van der Waals surface area contributed by atoms with Crippen LogP contribution in [0.25, 0.3) is 0 Å². The van der Waals surface area contributed by atoms with Gasteiger partial charge in [0.25, 0.3) is 0 Å². The molecule has 1 aliphatic heterocycles. The van der Waals surface area contributed by atoms with Gasteiger partial charge in [-0.1, -0.05) is 61.0 Å². The number of likely N-dealkylation sites (tertiary alicyclic amines) is 1. The summed E-state index contributed by atoms with van der Waals surface area (Å²) in [4.78, 5) is 26.5. The number of esters is 1. The molecular formula is C23H28ClN3O3. The number of halogens is 1. The Balaban J connectivity index is 1.50. The second-order valence-electron chi connectivity index (χ2n) is 7.58. The number of carbonyl (C=O) groups is 2. The van der Waals surface area contributed by atoms with Crippen molar-refractivity contribution in [1.82, 2.24) is 10.2 Å². The molecule has 1 fully saturated rings. The van der Waals surface area contributed by atoms with Crippen molar-refractivity contribution in [3.63, 3.8) is 0 Å². The third-order valence-corrected chi connectivity index (χ3v) is 5.68. The molecule has 0 radical (unpaired) electrons. The molecule has 6 nitrogen and oxygen atoms in total. The maximum atomic E-state index is 12.7. The molecule has 2 amide bonds. The Morgan fingerprint density at radius 2 is 1.87 bits per heavy atom. The summed E-state index contributed by atoms with van der Waals surface area (Å²) >= 11 is 6.14. The third-order valence-electron chi connectivity index (χ3n) is 5.31. The number of nitrogens with zero attached hydrogens (tertiary/aromatic N) is 1. The summed E-state index contributed by atoms with van der Waals surface area (Å²) in [5.41, 5.74) is 9.04. The summed E-state index contributed by atoms with van der Waals surface area (Å²) < 4.78 is 5.46. The van der Waals surface area contributed by atoms with Gasteiger partial charge in [0.15, 0.2) is 0 Å². The van der Waals surface area contributed by atoms with E-state index >= 15 is 0 Å². The fraction of sp³-hybridized carbons (Fsp3) is 0.391. The number of amides is 2. The molecule has 2 atom stereocenters. The Morgan fingerprint density at radius 1 is 1.17 bits per heavy atom. The number of nitrogens with one attached hydrogen (secondary N) is 1. The average molecular weight is 430 g/mol. The smallest absolute Gasteiger partial charge is 0.318 e. The van der Waals surface area contributed by atoms with Gasteiger partial charge in [-0.15, -0.1) is 0 Å². The Hall–Kier alpha value is -2.57. The minimum atomic E-state index is -0.309. The molecule has 0 unspecified atom stereocenters. The lowest BCUT2D eigenvalue weighted by atomic mass is 10.1. The maximum absolute atomic E-state index is 12.7. The SMILES string of the molecule is CCc1ccc(CC(=O)OC[C@@H]2C[C@@H](N)CN2C(=O)NCc2ccccc2Cl)cc1. The van der Waals surface area contributed by atoms with Crippen LogP contribution in [-0.2, 0) is 28.9 Å². The fourth-order valence-corrected chi connectivity index (χ4v) is 3.78.